The van der Waals surface area contributed by atoms with Gasteiger partial charge in [-0.05, 0) is 114 Å². The quantitative estimate of drug-likeness (QED) is 0.540. The standard InChI is InChI=1S/C29H32BO2/c31-9-1-2-22-3-4-26(23-5-6-25-14-27(30-32)8-7-24(25)13-23)15-28(22)29-16-19-10-20(17-29)12-21(11-19)18-29/h3-8,13-15,19-21,31-32H,1-2,9-12,16-18H2. The van der Waals surface area contributed by atoms with Crippen LogP contribution in [0.25, 0.3) is 21.9 Å². The van der Waals surface area contributed by atoms with Gasteiger partial charge < -0.3 is 10.1 Å². The van der Waals surface area contributed by atoms with Gasteiger partial charge in [-0.2, -0.15) is 0 Å². The van der Waals surface area contributed by atoms with E-state index < -0.39 is 0 Å². The Morgan fingerprint density at radius 3 is 2.09 bits per heavy atom. The van der Waals surface area contributed by atoms with E-state index in [0.29, 0.717) is 5.41 Å². The zero-order valence-corrected chi connectivity index (χ0v) is 18.8. The smallest absolute Gasteiger partial charge is 0.326 e. The van der Waals surface area contributed by atoms with Gasteiger partial charge in [-0.25, -0.2) is 0 Å². The monoisotopic (exact) mass is 423 g/mol. The first-order valence-electron chi connectivity index (χ1n) is 12.4. The van der Waals surface area contributed by atoms with E-state index in [1.165, 1.54) is 60.6 Å². The maximum Gasteiger partial charge on any atom is 0.326 e. The second-order valence-corrected chi connectivity index (χ2v) is 10.8. The summed E-state index contributed by atoms with van der Waals surface area (Å²) in [6.07, 6.45) is 10.3. The molecular weight excluding hydrogens is 391 g/mol. The average molecular weight is 423 g/mol. The minimum absolute atomic E-state index is 0.264. The third kappa shape index (κ3) is 3.51. The Morgan fingerprint density at radius 2 is 1.41 bits per heavy atom. The minimum atomic E-state index is 0.264. The van der Waals surface area contributed by atoms with Gasteiger partial charge in [0.05, 0.1) is 0 Å². The maximum atomic E-state index is 9.51. The molecule has 4 saturated carbocycles. The summed E-state index contributed by atoms with van der Waals surface area (Å²) in [4.78, 5) is 0. The van der Waals surface area contributed by atoms with Gasteiger partial charge in [0.15, 0.2) is 0 Å². The van der Waals surface area contributed by atoms with Crippen LogP contribution in [0.3, 0.4) is 0 Å². The zero-order valence-electron chi connectivity index (χ0n) is 18.8. The molecule has 3 heteroatoms. The van der Waals surface area contributed by atoms with Gasteiger partial charge in [0, 0.05) is 6.61 Å². The predicted octanol–water partition coefficient (Wildman–Crippen LogP) is 5.14. The van der Waals surface area contributed by atoms with E-state index in [1.807, 2.05) is 12.1 Å². The van der Waals surface area contributed by atoms with E-state index in [1.54, 1.807) is 5.56 Å². The number of fused-ring (bicyclic) bond motifs is 1. The SMILES string of the molecule is O[B]c1ccc2cc(-c3ccc(CCCO)c(C45CC6CC(CC(C6)C4)C5)c3)ccc2c1. The van der Waals surface area contributed by atoms with Gasteiger partial charge in [0.1, 0.15) is 0 Å². The molecule has 0 atom stereocenters. The van der Waals surface area contributed by atoms with Crippen LogP contribution in [0.15, 0.2) is 54.6 Å². The number of benzene rings is 3. The zero-order chi connectivity index (χ0) is 21.7. The van der Waals surface area contributed by atoms with Crippen molar-refractivity contribution in [1.29, 1.82) is 0 Å². The van der Waals surface area contributed by atoms with E-state index in [9.17, 15) is 10.1 Å². The average Bonchev–Trinajstić information content (AvgIpc) is 2.81. The summed E-state index contributed by atoms with van der Waals surface area (Å²) in [5.74, 6) is 2.77. The Morgan fingerprint density at radius 1 is 0.781 bits per heavy atom. The molecule has 4 aliphatic carbocycles. The molecule has 7 rings (SSSR count). The van der Waals surface area contributed by atoms with Crippen molar-refractivity contribution < 1.29 is 10.1 Å². The Hall–Kier alpha value is -2.10. The van der Waals surface area contributed by atoms with Crippen LogP contribution >= 0.6 is 0 Å². The predicted molar refractivity (Wildman–Crippen MR) is 132 cm³/mol. The molecule has 4 aliphatic rings. The Labute approximate surface area is 192 Å². The van der Waals surface area contributed by atoms with Crippen molar-refractivity contribution in [3.63, 3.8) is 0 Å². The van der Waals surface area contributed by atoms with E-state index in [2.05, 4.69) is 42.5 Å². The molecular formula is C29H32BO2. The molecule has 32 heavy (non-hydrogen) atoms. The minimum Gasteiger partial charge on any atom is -0.450 e. The lowest BCUT2D eigenvalue weighted by atomic mass is 9.47. The summed E-state index contributed by atoms with van der Waals surface area (Å²) in [5, 5.41) is 21.2. The molecule has 2 N–H and O–H groups in total. The fourth-order valence-electron chi connectivity index (χ4n) is 7.70. The summed E-state index contributed by atoms with van der Waals surface area (Å²) in [5.41, 5.74) is 6.82. The Bertz CT molecular complexity index is 1120. The number of hydrogen-bond acceptors (Lipinski definition) is 2. The lowest BCUT2D eigenvalue weighted by Gasteiger charge is -2.57. The molecule has 0 spiro atoms. The Kier molecular flexibility index (Phi) is 5.15. The normalized spacial score (nSPS) is 28.4. The van der Waals surface area contributed by atoms with Crippen LogP contribution in [-0.2, 0) is 11.8 Å². The summed E-state index contributed by atoms with van der Waals surface area (Å²) in [6, 6.07) is 19.9. The summed E-state index contributed by atoms with van der Waals surface area (Å²) < 4.78 is 0. The molecule has 4 fully saturated rings. The van der Waals surface area contributed by atoms with E-state index in [4.69, 9.17) is 0 Å². The third-order valence-corrected chi connectivity index (χ3v) is 8.67. The first-order valence-corrected chi connectivity index (χ1v) is 12.4. The van der Waals surface area contributed by atoms with Gasteiger partial charge in [-0.15, -0.1) is 0 Å². The lowest BCUT2D eigenvalue weighted by molar-refractivity contribution is -0.00558. The van der Waals surface area contributed by atoms with Crippen LogP contribution < -0.4 is 5.46 Å². The highest BCUT2D eigenvalue weighted by atomic mass is 16.2. The molecule has 3 aromatic rings. The first-order chi connectivity index (χ1) is 15.7. The van der Waals surface area contributed by atoms with Crippen LogP contribution in [0.2, 0.25) is 0 Å². The Balaban J connectivity index is 1.43. The summed E-state index contributed by atoms with van der Waals surface area (Å²) in [7, 11) is 1.16. The molecule has 0 aliphatic heterocycles. The fourth-order valence-corrected chi connectivity index (χ4v) is 7.70. The molecule has 4 bridgehead atoms. The van der Waals surface area contributed by atoms with Crippen LogP contribution in [-0.4, -0.2) is 24.2 Å². The van der Waals surface area contributed by atoms with Crippen molar-refractivity contribution in [2.75, 3.05) is 6.61 Å². The van der Waals surface area contributed by atoms with Crippen LogP contribution in [0, 0.1) is 17.8 Å². The van der Waals surface area contributed by atoms with Crippen molar-refractivity contribution in [3.05, 3.63) is 65.7 Å². The van der Waals surface area contributed by atoms with Gasteiger partial charge in [0.2, 0.25) is 0 Å². The largest absolute Gasteiger partial charge is 0.450 e. The van der Waals surface area contributed by atoms with E-state index >= 15 is 0 Å². The van der Waals surface area contributed by atoms with E-state index in [-0.39, 0.29) is 6.61 Å². The van der Waals surface area contributed by atoms with E-state index in [0.717, 1.165) is 48.9 Å². The number of aliphatic hydroxyl groups excluding tert-OH is 1. The maximum absolute atomic E-state index is 9.51. The molecule has 3 aromatic carbocycles. The van der Waals surface area contributed by atoms with Crippen molar-refractivity contribution in [2.24, 2.45) is 17.8 Å². The van der Waals surface area contributed by atoms with Crippen molar-refractivity contribution in [3.8, 4) is 11.1 Å². The molecule has 163 valence electrons. The molecule has 0 heterocycles. The highest BCUT2D eigenvalue weighted by molar-refractivity contribution is 6.46. The van der Waals surface area contributed by atoms with Crippen molar-refractivity contribution in [2.45, 2.75) is 56.8 Å². The number of aliphatic hydroxyl groups is 1. The van der Waals surface area contributed by atoms with Gasteiger partial charge in [-0.3, -0.25) is 0 Å². The van der Waals surface area contributed by atoms with Crippen LogP contribution in [0.1, 0.15) is 56.1 Å². The van der Waals surface area contributed by atoms with Crippen molar-refractivity contribution >= 4 is 23.7 Å². The highest BCUT2D eigenvalue weighted by Gasteiger charge is 2.52. The second-order valence-electron chi connectivity index (χ2n) is 10.8. The number of rotatable bonds is 6. The van der Waals surface area contributed by atoms with Gasteiger partial charge in [0.25, 0.3) is 0 Å². The summed E-state index contributed by atoms with van der Waals surface area (Å²) in [6.45, 7) is 0.264. The summed E-state index contributed by atoms with van der Waals surface area (Å²) >= 11 is 0. The second kappa shape index (κ2) is 8.04. The highest BCUT2D eigenvalue weighted by Crippen LogP contribution is 2.61. The van der Waals surface area contributed by atoms with Gasteiger partial charge >= 0.3 is 7.48 Å². The number of aryl methyl sites for hydroxylation is 1. The van der Waals surface area contributed by atoms with Crippen molar-refractivity contribution in [1.82, 2.24) is 0 Å². The molecule has 2 nitrogen and oxygen atoms in total. The number of hydrogen-bond donors (Lipinski definition) is 2. The van der Waals surface area contributed by atoms with Crippen LogP contribution in [0.5, 0.6) is 0 Å². The van der Waals surface area contributed by atoms with Crippen LogP contribution in [0.4, 0.5) is 0 Å². The van der Waals surface area contributed by atoms with Gasteiger partial charge in [-0.1, -0.05) is 54.0 Å². The molecule has 0 aromatic heterocycles. The molecule has 0 saturated heterocycles. The lowest BCUT2D eigenvalue weighted by Crippen LogP contribution is -2.49. The molecule has 1 radical (unpaired) electrons. The topological polar surface area (TPSA) is 40.5 Å². The first kappa shape index (κ1) is 20.5. The fraction of sp³-hybridized carbons (Fsp3) is 0.448. The molecule has 0 amide bonds. The molecule has 0 unspecified atom stereocenters. The third-order valence-electron chi connectivity index (χ3n) is 8.67.